The Morgan fingerprint density at radius 1 is 1.27 bits per heavy atom. The van der Waals surface area contributed by atoms with Crippen LogP contribution >= 0.6 is 0 Å². The first kappa shape index (κ1) is 10.1. The normalized spacial score (nSPS) is 11.0. The summed E-state index contributed by atoms with van der Waals surface area (Å²) in [7, 11) is 0. The van der Waals surface area contributed by atoms with Gasteiger partial charge in [-0.3, -0.25) is 0 Å². The standard InChI is InChI=1S/C6H5F5/c1-2-3-6(10,11)4(7)5(8)9/h2H,1,3H2. The Labute approximate surface area is 60.0 Å². The number of alkyl halides is 2. The molecular weight excluding hydrogens is 167 g/mol. The highest BCUT2D eigenvalue weighted by Crippen LogP contribution is 2.32. The van der Waals surface area contributed by atoms with Crippen LogP contribution in [-0.2, 0) is 0 Å². The highest BCUT2D eigenvalue weighted by molar-refractivity contribution is 5.06. The van der Waals surface area contributed by atoms with Gasteiger partial charge >= 0.3 is 12.0 Å². The molecule has 0 aromatic rings. The molecule has 0 heterocycles. The first-order chi connectivity index (χ1) is 4.91. The quantitative estimate of drug-likeness (QED) is 0.452. The Balaban J connectivity index is 4.54. The molecule has 0 bridgehead atoms. The van der Waals surface area contributed by atoms with E-state index in [1.54, 1.807) is 0 Å². The monoisotopic (exact) mass is 172 g/mol. The SMILES string of the molecule is C=CCC(F)(F)C(F)=C(F)F. The second kappa shape index (κ2) is 3.50. The third kappa shape index (κ3) is 2.69. The van der Waals surface area contributed by atoms with Gasteiger partial charge < -0.3 is 0 Å². The first-order valence-corrected chi connectivity index (χ1v) is 2.61. The summed E-state index contributed by atoms with van der Waals surface area (Å²) in [4.78, 5) is 0. The van der Waals surface area contributed by atoms with E-state index in [0.29, 0.717) is 6.08 Å². The van der Waals surface area contributed by atoms with Crippen LogP contribution in [-0.4, -0.2) is 5.92 Å². The third-order valence-electron chi connectivity index (χ3n) is 0.888. The van der Waals surface area contributed by atoms with Crippen LogP contribution in [0.5, 0.6) is 0 Å². The molecule has 0 spiro atoms. The van der Waals surface area contributed by atoms with E-state index < -0.39 is 24.3 Å². The minimum Gasteiger partial charge on any atom is -0.199 e. The summed E-state index contributed by atoms with van der Waals surface area (Å²) >= 11 is 0. The number of halogens is 5. The van der Waals surface area contributed by atoms with E-state index in [4.69, 9.17) is 0 Å². The van der Waals surface area contributed by atoms with Crippen molar-refractivity contribution in [3.63, 3.8) is 0 Å². The minimum atomic E-state index is -4.12. The fraction of sp³-hybridized carbons (Fsp3) is 0.333. The third-order valence-corrected chi connectivity index (χ3v) is 0.888. The predicted molar refractivity (Wildman–Crippen MR) is 30.1 cm³/mol. The lowest BCUT2D eigenvalue weighted by atomic mass is 10.2. The molecule has 0 fully saturated rings. The number of rotatable bonds is 3. The summed E-state index contributed by atoms with van der Waals surface area (Å²) in [6.45, 7) is 2.87. The van der Waals surface area contributed by atoms with E-state index in [-0.39, 0.29) is 0 Å². The molecule has 64 valence electrons. The molecular formula is C6H5F5. The number of hydrogen-bond donors (Lipinski definition) is 0. The van der Waals surface area contributed by atoms with Crippen LogP contribution in [0.25, 0.3) is 0 Å². The summed E-state index contributed by atoms with van der Waals surface area (Å²) in [6.07, 6.45) is -3.45. The molecule has 0 amide bonds. The average molecular weight is 172 g/mol. The molecule has 0 atom stereocenters. The van der Waals surface area contributed by atoms with Gasteiger partial charge in [0.25, 0.3) is 0 Å². The lowest BCUT2D eigenvalue weighted by Crippen LogP contribution is -2.15. The molecule has 0 saturated carbocycles. The van der Waals surface area contributed by atoms with Gasteiger partial charge in [0.05, 0.1) is 0 Å². The number of hydrogen-bond acceptors (Lipinski definition) is 0. The molecule has 0 aromatic heterocycles. The molecule has 0 aromatic carbocycles. The van der Waals surface area contributed by atoms with Crippen molar-refractivity contribution in [1.82, 2.24) is 0 Å². The largest absolute Gasteiger partial charge is 0.307 e. The van der Waals surface area contributed by atoms with Gasteiger partial charge in [-0.1, -0.05) is 6.08 Å². The fourth-order valence-corrected chi connectivity index (χ4v) is 0.409. The van der Waals surface area contributed by atoms with E-state index in [2.05, 4.69) is 6.58 Å². The Morgan fingerprint density at radius 2 is 1.73 bits per heavy atom. The maximum absolute atomic E-state index is 12.1. The first-order valence-electron chi connectivity index (χ1n) is 2.61. The Bertz CT molecular complexity index is 177. The van der Waals surface area contributed by atoms with Gasteiger partial charge in [0.1, 0.15) is 0 Å². The van der Waals surface area contributed by atoms with Crippen LogP contribution in [0.2, 0.25) is 0 Å². The van der Waals surface area contributed by atoms with Crippen LogP contribution in [0.15, 0.2) is 24.6 Å². The Kier molecular flexibility index (Phi) is 3.22. The molecule has 0 nitrogen and oxygen atoms in total. The van der Waals surface area contributed by atoms with Crippen LogP contribution in [0.1, 0.15) is 6.42 Å². The summed E-state index contributed by atoms with van der Waals surface area (Å²) in [5, 5.41) is 0. The number of allylic oxidation sites excluding steroid dienone is 2. The molecule has 11 heavy (non-hydrogen) atoms. The van der Waals surface area contributed by atoms with Gasteiger partial charge in [-0.25, -0.2) is 0 Å². The van der Waals surface area contributed by atoms with Crippen molar-refractivity contribution >= 4 is 0 Å². The summed E-state index contributed by atoms with van der Waals surface area (Å²) < 4.78 is 58.5. The second-order valence-corrected chi connectivity index (χ2v) is 1.77. The van der Waals surface area contributed by atoms with Crippen LogP contribution in [0, 0.1) is 0 Å². The zero-order valence-corrected chi connectivity index (χ0v) is 5.38. The Morgan fingerprint density at radius 3 is 2.00 bits per heavy atom. The van der Waals surface area contributed by atoms with Crippen molar-refractivity contribution in [3.8, 4) is 0 Å². The van der Waals surface area contributed by atoms with Crippen LogP contribution in [0.3, 0.4) is 0 Å². The van der Waals surface area contributed by atoms with E-state index >= 15 is 0 Å². The maximum Gasteiger partial charge on any atom is 0.307 e. The Hall–Kier alpha value is -0.870. The van der Waals surface area contributed by atoms with Gasteiger partial charge in [-0.15, -0.1) is 6.58 Å². The van der Waals surface area contributed by atoms with Gasteiger partial charge in [0.2, 0.25) is 5.83 Å². The molecule has 0 aliphatic rings. The van der Waals surface area contributed by atoms with E-state index in [9.17, 15) is 22.0 Å². The molecule has 0 aliphatic heterocycles. The summed E-state index contributed by atoms with van der Waals surface area (Å²) in [5.74, 6) is -6.81. The van der Waals surface area contributed by atoms with Gasteiger partial charge in [-0.05, 0) is 0 Å². The van der Waals surface area contributed by atoms with Crippen molar-refractivity contribution in [2.75, 3.05) is 0 Å². The highest BCUT2D eigenvalue weighted by Gasteiger charge is 2.37. The van der Waals surface area contributed by atoms with E-state index in [1.165, 1.54) is 0 Å². The van der Waals surface area contributed by atoms with Gasteiger partial charge in [0, 0.05) is 6.42 Å². The molecule has 0 radical (unpaired) electrons. The maximum atomic E-state index is 12.1. The van der Waals surface area contributed by atoms with Crippen molar-refractivity contribution in [2.24, 2.45) is 0 Å². The van der Waals surface area contributed by atoms with E-state index in [0.717, 1.165) is 0 Å². The fourth-order valence-electron chi connectivity index (χ4n) is 0.409. The van der Waals surface area contributed by atoms with Crippen molar-refractivity contribution in [1.29, 1.82) is 0 Å². The van der Waals surface area contributed by atoms with Crippen molar-refractivity contribution in [2.45, 2.75) is 12.3 Å². The zero-order chi connectivity index (χ0) is 9.07. The summed E-state index contributed by atoms with van der Waals surface area (Å²) in [5.41, 5.74) is 0. The van der Waals surface area contributed by atoms with Gasteiger partial charge in [-0.2, -0.15) is 22.0 Å². The zero-order valence-electron chi connectivity index (χ0n) is 5.38. The van der Waals surface area contributed by atoms with Crippen LogP contribution in [0.4, 0.5) is 22.0 Å². The molecule has 0 aliphatic carbocycles. The highest BCUT2D eigenvalue weighted by atomic mass is 19.3. The van der Waals surface area contributed by atoms with Crippen molar-refractivity contribution in [3.05, 3.63) is 24.6 Å². The smallest absolute Gasteiger partial charge is 0.199 e. The lowest BCUT2D eigenvalue weighted by molar-refractivity contribution is 0.0139. The van der Waals surface area contributed by atoms with E-state index in [1.807, 2.05) is 0 Å². The summed E-state index contributed by atoms with van der Waals surface area (Å²) in [6, 6.07) is 0. The minimum absolute atomic E-state index is 0.669. The van der Waals surface area contributed by atoms with Crippen molar-refractivity contribution < 1.29 is 22.0 Å². The van der Waals surface area contributed by atoms with Gasteiger partial charge in [0.15, 0.2) is 0 Å². The molecule has 0 N–H and O–H groups in total. The second-order valence-electron chi connectivity index (χ2n) is 1.77. The topological polar surface area (TPSA) is 0 Å². The molecule has 0 unspecified atom stereocenters. The molecule has 0 rings (SSSR count). The predicted octanol–water partition coefficient (Wildman–Crippen LogP) is 3.28. The average Bonchev–Trinajstić information content (AvgIpc) is 1.86. The molecule has 0 saturated heterocycles. The lowest BCUT2D eigenvalue weighted by Gasteiger charge is -2.09. The van der Waals surface area contributed by atoms with Crippen LogP contribution < -0.4 is 0 Å². The molecule has 5 heteroatoms.